The zero-order chi connectivity index (χ0) is 13.8. The van der Waals surface area contributed by atoms with Gasteiger partial charge in [-0.2, -0.15) is 10.5 Å². The van der Waals surface area contributed by atoms with Crippen molar-refractivity contribution < 1.29 is 9.13 Å². The first kappa shape index (κ1) is 12.9. The van der Waals surface area contributed by atoms with E-state index in [1.165, 1.54) is 36.4 Å². The van der Waals surface area contributed by atoms with Gasteiger partial charge in [-0.25, -0.2) is 4.39 Å². The number of ether oxygens (including phenoxy) is 1. The molecule has 0 unspecified atom stereocenters. The molecule has 5 heteroatoms. The predicted molar refractivity (Wildman–Crippen MR) is 67.4 cm³/mol. The Bertz CT molecular complexity index is 664. The van der Waals surface area contributed by atoms with Crippen LogP contribution in [0, 0.1) is 28.5 Å². The summed E-state index contributed by atoms with van der Waals surface area (Å²) in [7, 11) is 0. The summed E-state index contributed by atoms with van der Waals surface area (Å²) < 4.78 is 18.9. The third kappa shape index (κ3) is 2.82. The van der Waals surface area contributed by atoms with Gasteiger partial charge in [0.1, 0.15) is 5.75 Å². The quantitative estimate of drug-likeness (QED) is 0.830. The number of hydrogen-bond donors (Lipinski definition) is 0. The smallest absolute Gasteiger partial charge is 0.181 e. The van der Waals surface area contributed by atoms with Gasteiger partial charge in [0.25, 0.3) is 0 Å². The van der Waals surface area contributed by atoms with Crippen LogP contribution in [0.5, 0.6) is 11.5 Å². The van der Waals surface area contributed by atoms with Crippen molar-refractivity contribution in [1.82, 2.24) is 0 Å². The van der Waals surface area contributed by atoms with E-state index in [2.05, 4.69) is 0 Å². The molecule has 0 saturated carbocycles. The molecule has 92 valence electrons. The van der Waals surface area contributed by atoms with Crippen molar-refractivity contribution in [2.45, 2.75) is 0 Å². The van der Waals surface area contributed by atoms with Crippen molar-refractivity contribution in [2.75, 3.05) is 0 Å². The van der Waals surface area contributed by atoms with E-state index >= 15 is 0 Å². The first-order valence-electron chi connectivity index (χ1n) is 5.21. The molecule has 0 heterocycles. The van der Waals surface area contributed by atoms with E-state index in [-0.39, 0.29) is 27.6 Å². The van der Waals surface area contributed by atoms with Crippen molar-refractivity contribution in [3.05, 3.63) is 58.4 Å². The Kier molecular flexibility index (Phi) is 3.66. The Morgan fingerprint density at radius 3 is 2.21 bits per heavy atom. The minimum Gasteiger partial charge on any atom is -0.453 e. The number of nitriles is 2. The summed E-state index contributed by atoms with van der Waals surface area (Å²) in [4.78, 5) is 0. The molecule has 0 aliphatic heterocycles. The fourth-order valence-electron chi connectivity index (χ4n) is 1.48. The molecule has 0 saturated heterocycles. The van der Waals surface area contributed by atoms with Gasteiger partial charge >= 0.3 is 0 Å². The van der Waals surface area contributed by atoms with Gasteiger partial charge in [-0.15, -0.1) is 0 Å². The van der Waals surface area contributed by atoms with Crippen LogP contribution in [0.15, 0.2) is 36.4 Å². The van der Waals surface area contributed by atoms with Gasteiger partial charge in [-0.05, 0) is 30.3 Å². The van der Waals surface area contributed by atoms with E-state index in [0.717, 1.165) is 0 Å². The largest absolute Gasteiger partial charge is 0.453 e. The van der Waals surface area contributed by atoms with Gasteiger partial charge in [0.2, 0.25) is 0 Å². The highest BCUT2D eigenvalue weighted by Gasteiger charge is 2.10. The first-order chi connectivity index (χ1) is 9.13. The molecule has 0 N–H and O–H groups in total. The van der Waals surface area contributed by atoms with Crippen LogP contribution in [0.3, 0.4) is 0 Å². The van der Waals surface area contributed by atoms with Crippen LogP contribution >= 0.6 is 11.6 Å². The van der Waals surface area contributed by atoms with E-state index < -0.39 is 5.82 Å². The molecule has 2 aromatic carbocycles. The summed E-state index contributed by atoms with van der Waals surface area (Å²) in [6.07, 6.45) is 0. The minimum atomic E-state index is -0.617. The van der Waals surface area contributed by atoms with Crippen LogP contribution in [0.2, 0.25) is 5.02 Å². The topological polar surface area (TPSA) is 56.8 Å². The number of nitrogens with zero attached hydrogens (tertiary/aromatic N) is 2. The average molecular weight is 273 g/mol. The molecule has 0 aliphatic rings. The maximum atomic E-state index is 13.6. The number of para-hydroxylation sites is 1. The van der Waals surface area contributed by atoms with Gasteiger partial charge in [-0.1, -0.05) is 17.7 Å². The van der Waals surface area contributed by atoms with E-state index in [4.69, 9.17) is 26.9 Å². The lowest BCUT2D eigenvalue weighted by atomic mass is 10.1. The maximum absolute atomic E-state index is 13.6. The summed E-state index contributed by atoms with van der Waals surface area (Å²) in [5.41, 5.74) is 0.503. The van der Waals surface area contributed by atoms with Crippen LogP contribution in [-0.4, -0.2) is 0 Å². The standard InChI is InChI=1S/C14H6ClFN2O/c15-12-2-1-3-13(16)14(12)19-11-5-9(7-17)4-10(6-11)8-18/h1-6H. The van der Waals surface area contributed by atoms with E-state index in [9.17, 15) is 4.39 Å². The van der Waals surface area contributed by atoms with Crippen LogP contribution in [0.4, 0.5) is 4.39 Å². The van der Waals surface area contributed by atoms with Crippen molar-refractivity contribution >= 4 is 11.6 Å². The van der Waals surface area contributed by atoms with E-state index in [0.29, 0.717) is 0 Å². The van der Waals surface area contributed by atoms with Gasteiger partial charge in [0.05, 0.1) is 28.3 Å². The second-order valence-electron chi connectivity index (χ2n) is 3.62. The van der Waals surface area contributed by atoms with Gasteiger partial charge in [0, 0.05) is 0 Å². The molecule has 2 rings (SSSR count). The van der Waals surface area contributed by atoms with Crippen LogP contribution in [-0.2, 0) is 0 Å². The second-order valence-corrected chi connectivity index (χ2v) is 4.03. The van der Waals surface area contributed by atoms with Crippen molar-refractivity contribution in [3.63, 3.8) is 0 Å². The average Bonchev–Trinajstić information content (AvgIpc) is 2.42. The molecule has 2 aromatic rings. The third-order valence-electron chi connectivity index (χ3n) is 2.30. The molecule has 3 nitrogen and oxygen atoms in total. The van der Waals surface area contributed by atoms with Crippen LogP contribution in [0.25, 0.3) is 0 Å². The van der Waals surface area contributed by atoms with Crippen molar-refractivity contribution in [2.24, 2.45) is 0 Å². The Morgan fingerprint density at radius 2 is 1.68 bits per heavy atom. The molecular weight excluding hydrogens is 267 g/mol. The first-order valence-corrected chi connectivity index (χ1v) is 5.59. The summed E-state index contributed by atoms with van der Waals surface area (Å²) in [6, 6.07) is 12.2. The SMILES string of the molecule is N#Cc1cc(C#N)cc(Oc2c(F)cccc2Cl)c1. The lowest BCUT2D eigenvalue weighted by Gasteiger charge is -2.09. The molecule has 19 heavy (non-hydrogen) atoms. The van der Waals surface area contributed by atoms with Crippen LogP contribution < -0.4 is 4.74 Å². The monoisotopic (exact) mass is 272 g/mol. The highest BCUT2D eigenvalue weighted by atomic mass is 35.5. The Hall–Kier alpha value is -2.56. The fourth-order valence-corrected chi connectivity index (χ4v) is 1.69. The molecule has 0 aromatic heterocycles. The molecule has 0 aliphatic carbocycles. The fraction of sp³-hybridized carbons (Fsp3) is 0. The third-order valence-corrected chi connectivity index (χ3v) is 2.60. The normalized spacial score (nSPS) is 9.47. The summed E-state index contributed by atoms with van der Waals surface area (Å²) >= 11 is 5.83. The van der Waals surface area contributed by atoms with Gasteiger partial charge < -0.3 is 4.74 Å². The number of halogens is 2. The molecular formula is C14H6ClFN2O. The molecule has 0 spiro atoms. The molecule has 0 amide bonds. The van der Waals surface area contributed by atoms with Gasteiger partial charge in [-0.3, -0.25) is 0 Å². The highest BCUT2D eigenvalue weighted by Crippen LogP contribution is 2.32. The molecule has 0 radical (unpaired) electrons. The lowest BCUT2D eigenvalue weighted by Crippen LogP contribution is -1.91. The zero-order valence-electron chi connectivity index (χ0n) is 9.52. The predicted octanol–water partition coefficient (Wildman–Crippen LogP) is 4.01. The number of hydrogen-bond acceptors (Lipinski definition) is 3. The zero-order valence-corrected chi connectivity index (χ0v) is 10.3. The van der Waals surface area contributed by atoms with E-state index in [1.54, 1.807) is 0 Å². The minimum absolute atomic E-state index is 0.112. The van der Waals surface area contributed by atoms with Crippen LogP contribution in [0.1, 0.15) is 11.1 Å². The molecule has 0 atom stereocenters. The molecule has 0 fully saturated rings. The highest BCUT2D eigenvalue weighted by molar-refractivity contribution is 6.32. The summed E-state index contributed by atoms with van der Waals surface area (Å²) in [5, 5.41) is 17.8. The van der Waals surface area contributed by atoms with E-state index in [1.807, 2.05) is 12.1 Å². The lowest BCUT2D eigenvalue weighted by molar-refractivity contribution is 0.442. The van der Waals surface area contributed by atoms with Crippen molar-refractivity contribution in [1.29, 1.82) is 10.5 Å². The molecule has 0 bridgehead atoms. The number of rotatable bonds is 2. The summed E-state index contributed by atoms with van der Waals surface area (Å²) in [5.74, 6) is -0.570. The Labute approximate surface area is 114 Å². The van der Waals surface area contributed by atoms with Crippen molar-refractivity contribution in [3.8, 4) is 23.6 Å². The summed E-state index contributed by atoms with van der Waals surface area (Å²) in [6.45, 7) is 0. The Morgan fingerprint density at radius 1 is 1.05 bits per heavy atom. The van der Waals surface area contributed by atoms with Gasteiger partial charge in [0.15, 0.2) is 11.6 Å². The Balaban J connectivity index is 2.45. The number of benzene rings is 2. The maximum Gasteiger partial charge on any atom is 0.181 e. The second kappa shape index (κ2) is 5.39.